The third-order valence-electron chi connectivity index (χ3n) is 6.24. The van der Waals surface area contributed by atoms with E-state index in [4.69, 9.17) is 4.74 Å². The van der Waals surface area contributed by atoms with Crippen LogP contribution in [-0.2, 0) is 16.2 Å². The second-order valence-electron chi connectivity index (χ2n) is 9.14. The second-order valence-corrected chi connectivity index (χ2v) is 9.14. The highest BCUT2D eigenvalue weighted by atomic mass is 16.5. The summed E-state index contributed by atoms with van der Waals surface area (Å²) >= 11 is 0. The minimum atomic E-state index is -0.765. The number of hydrogen-bond acceptors (Lipinski definition) is 6. The Morgan fingerprint density at radius 2 is 1.69 bits per heavy atom. The lowest BCUT2D eigenvalue weighted by atomic mass is 9.94. The SMILES string of the molecule is Cc1cc(OCc2ccccc2)ccc1C(O)=C1C(=O)C(=O)N(CCN(C)C)[C@H]1c1ccc(O)cc1. The van der Waals surface area contributed by atoms with Crippen LogP contribution in [0.5, 0.6) is 11.5 Å². The number of carbonyl (C=O) groups is 2. The summed E-state index contributed by atoms with van der Waals surface area (Å²) in [5.41, 5.74) is 2.87. The Kier molecular flexibility index (Phi) is 7.41. The fourth-order valence-corrected chi connectivity index (χ4v) is 4.30. The van der Waals surface area contributed by atoms with Crippen LogP contribution in [0.2, 0.25) is 0 Å². The van der Waals surface area contributed by atoms with E-state index in [0.29, 0.717) is 42.1 Å². The molecule has 7 heteroatoms. The molecule has 1 atom stereocenters. The Bertz CT molecular complexity index is 1280. The van der Waals surface area contributed by atoms with Gasteiger partial charge in [-0.1, -0.05) is 42.5 Å². The molecule has 3 aromatic carbocycles. The average Bonchev–Trinajstić information content (AvgIpc) is 3.12. The molecule has 186 valence electrons. The molecule has 0 aromatic heterocycles. The zero-order valence-corrected chi connectivity index (χ0v) is 20.6. The molecular formula is C29H30N2O5. The van der Waals surface area contributed by atoms with Crippen molar-refractivity contribution in [3.05, 3.63) is 101 Å². The largest absolute Gasteiger partial charge is 0.508 e. The van der Waals surface area contributed by atoms with E-state index < -0.39 is 17.7 Å². The third kappa shape index (κ3) is 5.26. The minimum Gasteiger partial charge on any atom is -0.508 e. The van der Waals surface area contributed by atoms with Gasteiger partial charge in [0, 0.05) is 18.7 Å². The summed E-state index contributed by atoms with van der Waals surface area (Å²) in [5, 5.41) is 21.1. The molecule has 1 amide bonds. The topological polar surface area (TPSA) is 90.3 Å². The number of phenolic OH excluding ortho intramolecular Hbond substituents is 1. The number of ketones is 1. The molecule has 7 nitrogen and oxygen atoms in total. The van der Waals surface area contributed by atoms with Crippen molar-refractivity contribution in [2.75, 3.05) is 27.2 Å². The number of likely N-dealkylation sites (tertiary alicyclic amines) is 1. The molecule has 1 aliphatic rings. The zero-order chi connectivity index (χ0) is 25.8. The van der Waals surface area contributed by atoms with Crippen LogP contribution in [0.4, 0.5) is 0 Å². The molecule has 1 heterocycles. The number of hydrogen-bond donors (Lipinski definition) is 2. The Morgan fingerprint density at radius 1 is 1.00 bits per heavy atom. The van der Waals surface area contributed by atoms with Crippen LogP contribution < -0.4 is 4.74 Å². The molecule has 0 saturated carbocycles. The van der Waals surface area contributed by atoms with E-state index in [2.05, 4.69) is 0 Å². The normalized spacial score (nSPS) is 17.1. The molecule has 1 aliphatic heterocycles. The number of Topliss-reactive ketones (excluding diaryl/α,β-unsaturated/α-hetero) is 1. The van der Waals surface area contributed by atoms with Crippen molar-refractivity contribution in [1.82, 2.24) is 9.80 Å². The van der Waals surface area contributed by atoms with Gasteiger partial charge in [0.15, 0.2) is 0 Å². The number of ether oxygens (including phenoxy) is 1. The zero-order valence-electron chi connectivity index (χ0n) is 20.6. The standard InChI is InChI=1S/C29H30N2O5/c1-19-17-23(36-18-20-7-5-4-6-8-20)13-14-24(19)27(33)25-26(21-9-11-22(32)12-10-21)31(16-15-30(2)3)29(35)28(25)34/h4-14,17,26,32-33H,15-16,18H2,1-3H3/t26-/m0/s1. The predicted molar refractivity (Wildman–Crippen MR) is 138 cm³/mol. The number of nitrogens with zero attached hydrogens (tertiary/aromatic N) is 2. The fraction of sp³-hybridized carbons (Fsp3) is 0.241. The molecule has 0 spiro atoms. The molecule has 0 bridgehead atoms. The first-order valence-electron chi connectivity index (χ1n) is 11.8. The first-order chi connectivity index (χ1) is 17.3. The van der Waals surface area contributed by atoms with Gasteiger partial charge in [-0.25, -0.2) is 0 Å². The number of benzene rings is 3. The molecule has 2 N–H and O–H groups in total. The van der Waals surface area contributed by atoms with Crippen LogP contribution in [0, 0.1) is 6.92 Å². The number of aryl methyl sites for hydroxylation is 1. The average molecular weight is 487 g/mol. The Balaban J connectivity index is 1.70. The lowest BCUT2D eigenvalue weighted by molar-refractivity contribution is -0.140. The van der Waals surface area contributed by atoms with Crippen LogP contribution in [0.25, 0.3) is 5.76 Å². The smallest absolute Gasteiger partial charge is 0.295 e. The first-order valence-corrected chi connectivity index (χ1v) is 11.8. The molecule has 1 saturated heterocycles. The molecular weight excluding hydrogens is 456 g/mol. The van der Waals surface area contributed by atoms with Gasteiger partial charge in [0.05, 0.1) is 11.6 Å². The molecule has 3 aromatic rings. The van der Waals surface area contributed by atoms with E-state index in [1.165, 1.54) is 17.0 Å². The first kappa shape index (κ1) is 25.0. The van der Waals surface area contributed by atoms with Crippen molar-refractivity contribution in [1.29, 1.82) is 0 Å². The Hall–Kier alpha value is -4.10. The Labute approximate surface area is 210 Å². The highest BCUT2D eigenvalue weighted by Crippen LogP contribution is 2.40. The Morgan fingerprint density at radius 3 is 2.33 bits per heavy atom. The maximum Gasteiger partial charge on any atom is 0.295 e. The highest BCUT2D eigenvalue weighted by molar-refractivity contribution is 6.46. The van der Waals surface area contributed by atoms with E-state index >= 15 is 0 Å². The van der Waals surface area contributed by atoms with E-state index in [0.717, 1.165) is 5.56 Å². The number of aromatic hydroxyl groups is 1. The number of carbonyl (C=O) groups excluding carboxylic acids is 2. The van der Waals surface area contributed by atoms with Crippen molar-refractivity contribution in [3.8, 4) is 11.5 Å². The van der Waals surface area contributed by atoms with Crippen molar-refractivity contribution in [2.45, 2.75) is 19.6 Å². The third-order valence-corrected chi connectivity index (χ3v) is 6.24. The van der Waals surface area contributed by atoms with Crippen molar-refractivity contribution < 1.29 is 24.5 Å². The van der Waals surface area contributed by atoms with E-state index in [1.807, 2.05) is 56.3 Å². The number of phenols is 1. The number of aliphatic hydroxyl groups excluding tert-OH is 1. The number of rotatable bonds is 8. The van der Waals surface area contributed by atoms with E-state index in [1.54, 1.807) is 30.3 Å². The summed E-state index contributed by atoms with van der Waals surface area (Å²) in [6, 6.07) is 20.6. The van der Waals surface area contributed by atoms with Crippen molar-refractivity contribution in [3.63, 3.8) is 0 Å². The summed E-state index contributed by atoms with van der Waals surface area (Å²) < 4.78 is 5.89. The number of likely N-dealkylation sites (N-methyl/N-ethyl adjacent to an activating group) is 1. The van der Waals surface area contributed by atoms with Crippen LogP contribution in [0.3, 0.4) is 0 Å². The summed E-state index contributed by atoms with van der Waals surface area (Å²) in [6.45, 7) is 3.09. The molecule has 0 unspecified atom stereocenters. The van der Waals surface area contributed by atoms with Gasteiger partial charge >= 0.3 is 0 Å². The lowest BCUT2D eigenvalue weighted by Gasteiger charge is -2.26. The molecule has 36 heavy (non-hydrogen) atoms. The second kappa shape index (κ2) is 10.7. The molecule has 1 fully saturated rings. The van der Waals surface area contributed by atoms with E-state index in [9.17, 15) is 19.8 Å². The van der Waals surface area contributed by atoms with Crippen LogP contribution in [0.15, 0.2) is 78.4 Å². The monoisotopic (exact) mass is 486 g/mol. The highest BCUT2D eigenvalue weighted by Gasteiger charge is 2.46. The lowest BCUT2D eigenvalue weighted by Crippen LogP contribution is -2.35. The fourth-order valence-electron chi connectivity index (χ4n) is 4.30. The van der Waals surface area contributed by atoms with E-state index in [-0.39, 0.29) is 17.1 Å². The maximum absolute atomic E-state index is 13.2. The van der Waals surface area contributed by atoms with Gasteiger partial charge in [-0.2, -0.15) is 0 Å². The minimum absolute atomic E-state index is 0.0329. The van der Waals surface area contributed by atoms with Gasteiger partial charge in [-0.3, -0.25) is 9.59 Å². The summed E-state index contributed by atoms with van der Waals surface area (Å²) in [5.74, 6) is -0.906. The van der Waals surface area contributed by atoms with Gasteiger partial charge in [-0.05, 0) is 68.0 Å². The number of aliphatic hydroxyl groups is 1. The summed E-state index contributed by atoms with van der Waals surface area (Å²) in [6.07, 6.45) is 0. The molecule has 4 rings (SSSR count). The van der Waals surface area contributed by atoms with Crippen LogP contribution >= 0.6 is 0 Å². The van der Waals surface area contributed by atoms with Crippen LogP contribution in [0.1, 0.15) is 28.3 Å². The molecule has 0 aliphatic carbocycles. The van der Waals surface area contributed by atoms with Crippen molar-refractivity contribution >= 4 is 17.4 Å². The van der Waals surface area contributed by atoms with Crippen molar-refractivity contribution in [2.24, 2.45) is 0 Å². The van der Waals surface area contributed by atoms with Gasteiger partial charge < -0.3 is 24.7 Å². The number of amides is 1. The van der Waals surface area contributed by atoms with Gasteiger partial charge in [0.25, 0.3) is 11.7 Å². The van der Waals surface area contributed by atoms with Crippen LogP contribution in [-0.4, -0.2) is 58.9 Å². The van der Waals surface area contributed by atoms with Gasteiger partial charge in [-0.15, -0.1) is 0 Å². The van der Waals surface area contributed by atoms with Gasteiger partial charge in [0.1, 0.15) is 23.9 Å². The molecule has 0 radical (unpaired) electrons. The van der Waals surface area contributed by atoms with Gasteiger partial charge in [0.2, 0.25) is 0 Å². The maximum atomic E-state index is 13.2. The summed E-state index contributed by atoms with van der Waals surface area (Å²) in [4.78, 5) is 29.6. The predicted octanol–water partition coefficient (Wildman–Crippen LogP) is 4.26. The quantitative estimate of drug-likeness (QED) is 0.281. The summed E-state index contributed by atoms with van der Waals surface area (Å²) in [7, 11) is 3.77.